The van der Waals surface area contributed by atoms with E-state index < -0.39 is 0 Å². The van der Waals surface area contributed by atoms with Crippen molar-refractivity contribution in [2.24, 2.45) is 11.3 Å². The molecule has 1 aliphatic rings. The molecule has 0 N–H and O–H groups in total. The Labute approximate surface area is 64.3 Å². The molecule has 1 unspecified atom stereocenters. The van der Waals surface area contributed by atoms with E-state index in [9.17, 15) is 0 Å². The van der Waals surface area contributed by atoms with Crippen LogP contribution in [-0.4, -0.2) is 0 Å². The molecule has 1 rings (SSSR count). The first kappa shape index (κ1) is 7.84. The van der Waals surface area contributed by atoms with Gasteiger partial charge < -0.3 is 0 Å². The van der Waals surface area contributed by atoms with Crippen LogP contribution in [0.1, 0.15) is 34.1 Å². The zero-order valence-electron chi connectivity index (χ0n) is 7.44. The SMILES string of the molecule is CC1=CC(C)(C)[CH]CC1C. The summed E-state index contributed by atoms with van der Waals surface area (Å²) in [5.41, 5.74) is 1.89. The molecule has 0 heteroatoms. The normalized spacial score (nSPS) is 31.6. The van der Waals surface area contributed by atoms with Crippen molar-refractivity contribution in [2.75, 3.05) is 0 Å². The quantitative estimate of drug-likeness (QED) is 0.450. The number of hydrogen-bond acceptors (Lipinski definition) is 0. The van der Waals surface area contributed by atoms with Crippen molar-refractivity contribution in [1.29, 1.82) is 0 Å². The van der Waals surface area contributed by atoms with Crippen LogP contribution in [-0.2, 0) is 0 Å². The van der Waals surface area contributed by atoms with Gasteiger partial charge in [0.25, 0.3) is 0 Å². The average molecular weight is 137 g/mol. The van der Waals surface area contributed by atoms with Crippen molar-refractivity contribution in [1.82, 2.24) is 0 Å². The van der Waals surface area contributed by atoms with Gasteiger partial charge >= 0.3 is 0 Å². The van der Waals surface area contributed by atoms with Crippen molar-refractivity contribution < 1.29 is 0 Å². The van der Waals surface area contributed by atoms with E-state index in [-0.39, 0.29) is 0 Å². The van der Waals surface area contributed by atoms with Crippen LogP contribution in [0.2, 0.25) is 0 Å². The monoisotopic (exact) mass is 137 g/mol. The van der Waals surface area contributed by atoms with Gasteiger partial charge in [-0.3, -0.25) is 0 Å². The molecular weight excluding hydrogens is 120 g/mol. The summed E-state index contributed by atoms with van der Waals surface area (Å²) in [6, 6.07) is 0. The van der Waals surface area contributed by atoms with Crippen molar-refractivity contribution in [3.8, 4) is 0 Å². The third-order valence-electron chi connectivity index (χ3n) is 2.37. The molecule has 0 bridgehead atoms. The lowest BCUT2D eigenvalue weighted by molar-refractivity contribution is 0.463. The van der Waals surface area contributed by atoms with Gasteiger partial charge in [-0.05, 0) is 31.1 Å². The first-order chi connectivity index (χ1) is 4.51. The molecule has 0 heterocycles. The molecule has 0 aromatic heterocycles. The van der Waals surface area contributed by atoms with E-state index in [4.69, 9.17) is 0 Å². The van der Waals surface area contributed by atoms with Crippen LogP contribution in [0.15, 0.2) is 11.6 Å². The lowest BCUT2D eigenvalue weighted by Gasteiger charge is -2.29. The predicted octanol–water partition coefficient (Wildman–Crippen LogP) is 3.20. The van der Waals surface area contributed by atoms with E-state index in [1.54, 1.807) is 5.57 Å². The van der Waals surface area contributed by atoms with Crippen molar-refractivity contribution in [3.05, 3.63) is 18.1 Å². The highest BCUT2D eigenvalue weighted by Gasteiger charge is 2.22. The molecule has 0 aliphatic heterocycles. The highest BCUT2D eigenvalue weighted by Crippen LogP contribution is 2.34. The first-order valence-electron chi connectivity index (χ1n) is 4.05. The maximum Gasteiger partial charge on any atom is -0.0141 e. The topological polar surface area (TPSA) is 0 Å². The third-order valence-corrected chi connectivity index (χ3v) is 2.37. The van der Waals surface area contributed by atoms with Gasteiger partial charge in [0.2, 0.25) is 0 Å². The van der Waals surface area contributed by atoms with E-state index in [1.165, 1.54) is 6.42 Å². The van der Waals surface area contributed by atoms with E-state index in [1.807, 2.05) is 0 Å². The minimum absolute atomic E-state index is 0.344. The van der Waals surface area contributed by atoms with Crippen LogP contribution in [0.4, 0.5) is 0 Å². The highest BCUT2D eigenvalue weighted by atomic mass is 14.3. The molecule has 10 heavy (non-hydrogen) atoms. The minimum Gasteiger partial charge on any atom is -0.0794 e. The fourth-order valence-corrected chi connectivity index (χ4v) is 1.45. The van der Waals surface area contributed by atoms with Crippen LogP contribution in [0.3, 0.4) is 0 Å². The summed E-state index contributed by atoms with van der Waals surface area (Å²) in [7, 11) is 0. The fraction of sp³-hybridized carbons (Fsp3) is 0.700. The Bertz CT molecular complexity index is 151. The van der Waals surface area contributed by atoms with E-state index in [0.29, 0.717) is 5.41 Å². The zero-order chi connectivity index (χ0) is 7.78. The molecule has 1 atom stereocenters. The number of allylic oxidation sites excluding steroid dienone is 2. The van der Waals surface area contributed by atoms with Crippen molar-refractivity contribution in [2.45, 2.75) is 34.1 Å². The molecule has 57 valence electrons. The second-order valence-corrected chi connectivity index (χ2v) is 4.05. The maximum atomic E-state index is 2.41. The van der Waals surface area contributed by atoms with Crippen molar-refractivity contribution >= 4 is 0 Å². The van der Waals surface area contributed by atoms with Gasteiger partial charge in [0, 0.05) is 0 Å². The summed E-state index contributed by atoms with van der Waals surface area (Å²) in [5.74, 6) is 0.771. The van der Waals surface area contributed by atoms with Crippen LogP contribution < -0.4 is 0 Å². The number of rotatable bonds is 0. The Morgan fingerprint density at radius 2 is 2.10 bits per heavy atom. The lowest BCUT2D eigenvalue weighted by atomic mass is 9.76. The summed E-state index contributed by atoms with van der Waals surface area (Å²) >= 11 is 0. The Balaban J connectivity index is 2.76. The van der Waals surface area contributed by atoms with Crippen LogP contribution in [0, 0.1) is 17.8 Å². The summed E-state index contributed by atoms with van der Waals surface area (Å²) in [4.78, 5) is 0. The van der Waals surface area contributed by atoms with Gasteiger partial charge in [-0.15, -0.1) is 0 Å². The van der Waals surface area contributed by atoms with Gasteiger partial charge in [-0.2, -0.15) is 0 Å². The van der Waals surface area contributed by atoms with Gasteiger partial charge in [-0.25, -0.2) is 0 Å². The molecule has 0 saturated heterocycles. The summed E-state index contributed by atoms with van der Waals surface area (Å²) < 4.78 is 0. The van der Waals surface area contributed by atoms with Crippen LogP contribution >= 0.6 is 0 Å². The highest BCUT2D eigenvalue weighted by molar-refractivity contribution is 5.17. The molecule has 0 aromatic carbocycles. The minimum atomic E-state index is 0.344. The standard InChI is InChI=1S/C10H17/c1-8-5-6-10(3,4)7-9(8)2/h6-8H,5H2,1-4H3. The van der Waals surface area contributed by atoms with Crippen LogP contribution in [0.25, 0.3) is 0 Å². The van der Waals surface area contributed by atoms with E-state index in [2.05, 4.69) is 40.2 Å². The van der Waals surface area contributed by atoms with Gasteiger partial charge in [0.1, 0.15) is 0 Å². The molecule has 1 aliphatic carbocycles. The molecule has 0 nitrogen and oxygen atoms in total. The number of hydrogen-bond donors (Lipinski definition) is 0. The summed E-state index contributed by atoms with van der Waals surface area (Å²) in [6.07, 6.45) is 6.03. The lowest BCUT2D eigenvalue weighted by Crippen LogP contribution is -2.17. The van der Waals surface area contributed by atoms with Crippen LogP contribution in [0.5, 0.6) is 0 Å². The molecule has 0 fully saturated rings. The third kappa shape index (κ3) is 1.62. The van der Waals surface area contributed by atoms with Gasteiger partial charge in [-0.1, -0.05) is 32.4 Å². The fourth-order valence-electron chi connectivity index (χ4n) is 1.45. The second-order valence-electron chi connectivity index (χ2n) is 4.05. The second kappa shape index (κ2) is 2.41. The van der Waals surface area contributed by atoms with E-state index >= 15 is 0 Å². The van der Waals surface area contributed by atoms with E-state index in [0.717, 1.165) is 5.92 Å². The first-order valence-corrected chi connectivity index (χ1v) is 4.05. The van der Waals surface area contributed by atoms with Gasteiger partial charge in [0.15, 0.2) is 0 Å². The van der Waals surface area contributed by atoms with Gasteiger partial charge in [0.05, 0.1) is 0 Å². The molecule has 0 saturated carbocycles. The maximum absolute atomic E-state index is 2.41. The molecule has 1 radical (unpaired) electrons. The Hall–Kier alpha value is -0.260. The van der Waals surface area contributed by atoms with Crippen molar-refractivity contribution in [3.63, 3.8) is 0 Å². The molecular formula is C10H17. The smallest absolute Gasteiger partial charge is 0.0141 e. The summed E-state index contributed by atoms with van der Waals surface area (Å²) in [6.45, 7) is 9.06. The predicted molar refractivity (Wildman–Crippen MR) is 45.6 cm³/mol. The largest absolute Gasteiger partial charge is 0.0794 e. The Kier molecular flexibility index (Phi) is 1.89. The molecule has 0 aromatic rings. The molecule has 0 spiro atoms. The Morgan fingerprint density at radius 1 is 1.50 bits per heavy atom. The zero-order valence-corrected chi connectivity index (χ0v) is 7.44. The molecule has 0 amide bonds. The summed E-state index contributed by atoms with van der Waals surface area (Å²) in [5, 5.41) is 0. The Morgan fingerprint density at radius 3 is 2.50 bits per heavy atom. The average Bonchev–Trinajstić information content (AvgIpc) is 1.79.